The minimum atomic E-state index is -3.70. The number of benzene rings is 3. The molecule has 0 atom stereocenters. The van der Waals surface area contributed by atoms with Gasteiger partial charge in [0.15, 0.2) is 5.78 Å². The quantitative estimate of drug-likeness (QED) is 0.569. The van der Waals surface area contributed by atoms with Crippen molar-refractivity contribution in [1.82, 2.24) is 0 Å². The van der Waals surface area contributed by atoms with Crippen molar-refractivity contribution < 1.29 is 18.0 Å². The Morgan fingerprint density at radius 2 is 1.45 bits per heavy atom. The second-order valence-corrected chi connectivity index (χ2v) is 9.31. The van der Waals surface area contributed by atoms with E-state index < -0.39 is 22.5 Å². The summed E-state index contributed by atoms with van der Waals surface area (Å²) in [4.78, 5) is 25.7. The van der Waals surface area contributed by atoms with Crippen molar-refractivity contribution in [3.05, 3.63) is 95.1 Å². The second kappa shape index (κ2) is 9.14. The molecule has 0 heterocycles. The van der Waals surface area contributed by atoms with E-state index in [1.165, 1.54) is 0 Å². The molecule has 0 aliphatic heterocycles. The van der Waals surface area contributed by atoms with Gasteiger partial charge in [-0.25, -0.2) is 8.42 Å². The van der Waals surface area contributed by atoms with Gasteiger partial charge in [-0.3, -0.25) is 13.9 Å². The van der Waals surface area contributed by atoms with Crippen molar-refractivity contribution in [2.24, 2.45) is 0 Å². The van der Waals surface area contributed by atoms with Crippen LogP contribution in [0.2, 0.25) is 0 Å². The number of ketones is 1. The minimum Gasteiger partial charge on any atom is -0.324 e. The SMILES string of the molecule is Cc1cc(C)cc(N(CC(=O)Nc2ccccc2C(=O)c2ccccc2)S(C)(=O)=O)c1. The van der Waals surface area contributed by atoms with Crippen molar-refractivity contribution >= 4 is 33.1 Å². The smallest absolute Gasteiger partial charge is 0.245 e. The van der Waals surface area contributed by atoms with Crippen LogP contribution in [0, 0.1) is 13.8 Å². The van der Waals surface area contributed by atoms with Gasteiger partial charge < -0.3 is 5.32 Å². The number of carbonyl (C=O) groups excluding carboxylic acids is 2. The molecular weight excluding hydrogens is 412 g/mol. The van der Waals surface area contributed by atoms with Crippen molar-refractivity contribution in [2.75, 3.05) is 22.4 Å². The van der Waals surface area contributed by atoms with Crippen LogP contribution in [0.25, 0.3) is 0 Å². The van der Waals surface area contributed by atoms with Gasteiger partial charge in [0.1, 0.15) is 6.54 Å². The van der Waals surface area contributed by atoms with Crippen LogP contribution in [0.15, 0.2) is 72.8 Å². The fourth-order valence-corrected chi connectivity index (χ4v) is 4.19. The van der Waals surface area contributed by atoms with E-state index in [1.54, 1.807) is 60.7 Å². The first-order valence-corrected chi connectivity index (χ1v) is 11.5. The molecule has 0 aliphatic rings. The topological polar surface area (TPSA) is 83.6 Å². The van der Waals surface area contributed by atoms with Crippen molar-refractivity contribution in [3.8, 4) is 0 Å². The van der Waals surface area contributed by atoms with Crippen LogP contribution in [0.4, 0.5) is 11.4 Å². The highest BCUT2D eigenvalue weighted by Crippen LogP contribution is 2.23. The lowest BCUT2D eigenvalue weighted by Crippen LogP contribution is -2.37. The predicted molar refractivity (Wildman–Crippen MR) is 123 cm³/mol. The molecule has 0 saturated heterocycles. The van der Waals surface area contributed by atoms with Gasteiger partial charge in [-0.15, -0.1) is 0 Å². The van der Waals surface area contributed by atoms with Gasteiger partial charge in [-0.05, 0) is 49.2 Å². The Morgan fingerprint density at radius 1 is 0.871 bits per heavy atom. The van der Waals surface area contributed by atoms with Crippen LogP contribution in [0.3, 0.4) is 0 Å². The summed E-state index contributed by atoms with van der Waals surface area (Å²) in [5.74, 6) is -0.774. The van der Waals surface area contributed by atoms with Crippen LogP contribution in [0.1, 0.15) is 27.0 Å². The van der Waals surface area contributed by atoms with Gasteiger partial charge in [-0.2, -0.15) is 0 Å². The Hall–Kier alpha value is -3.45. The van der Waals surface area contributed by atoms with E-state index in [1.807, 2.05) is 26.0 Å². The van der Waals surface area contributed by atoms with Crippen LogP contribution in [0.5, 0.6) is 0 Å². The van der Waals surface area contributed by atoms with Crippen LogP contribution in [-0.4, -0.2) is 32.9 Å². The lowest BCUT2D eigenvalue weighted by atomic mass is 10.0. The Kier molecular flexibility index (Phi) is 6.56. The Labute approximate surface area is 182 Å². The fourth-order valence-electron chi connectivity index (χ4n) is 3.35. The van der Waals surface area contributed by atoms with Crippen LogP contribution >= 0.6 is 0 Å². The van der Waals surface area contributed by atoms with E-state index >= 15 is 0 Å². The number of nitrogens with zero attached hydrogens (tertiary/aromatic N) is 1. The Bertz CT molecular complexity index is 1200. The maximum atomic E-state index is 12.9. The molecule has 6 nitrogen and oxygen atoms in total. The molecule has 31 heavy (non-hydrogen) atoms. The summed E-state index contributed by atoms with van der Waals surface area (Å²) in [5.41, 5.74) is 3.36. The molecular formula is C24H24N2O4S. The molecule has 0 unspecified atom stereocenters. The van der Waals surface area contributed by atoms with E-state index in [4.69, 9.17) is 0 Å². The zero-order chi connectivity index (χ0) is 22.6. The van der Waals surface area contributed by atoms with E-state index in [2.05, 4.69) is 5.32 Å². The number of carbonyl (C=O) groups is 2. The molecule has 1 amide bonds. The molecule has 0 spiro atoms. The van der Waals surface area contributed by atoms with E-state index in [0.29, 0.717) is 22.5 Å². The molecule has 160 valence electrons. The van der Waals surface area contributed by atoms with E-state index in [-0.39, 0.29) is 5.78 Å². The fraction of sp³-hybridized carbons (Fsp3) is 0.167. The summed E-state index contributed by atoms with van der Waals surface area (Å²) in [6.07, 6.45) is 1.06. The largest absolute Gasteiger partial charge is 0.324 e. The third-order valence-corrected chi connectivity index (χ3v) is 5.80. The molecule has 1 N–H and O–H groups in total. The Balaban J connectivity index is 1.87. The molecule has 7 heteroatoms. The van der Waals surface area contributed by atoms with Gasteiger partial charge >= 0.3 is 0 Å². The van der Waals surface area contributed by atoms with Gasteiger partial charge in [0.25, 0.3) is 0 Å². The normalized spacial score (nSPS) is 11.1. The molecule has 0 fully saturated rings. The molecule has 0 aliphatic carbocycles. The standard InChI is InChI=1S/C24H24N2O4S/c1-17-13-18(2)15-20(14-17)26(31(3,29)30)16-23(27)25-22-12-8-7-11-21(22)24(28)19-9-5-4-6-10-19/h4-15H,16H2,1-3H3,(H,25,27). The van der Waals surface area contributed by atoms with Gasteiger partial charge in [-0.1, -0.05) is 48.5 Å². The monoisotopic (exact) mass is 436 g/mol. The summed E-state index contributed by atoms with van der Waals surface area (Å²) in [6.45, 7) is 3.32. The van der Waals surface area contributed by atoms with E-state index in [9.17, 15) is 18.0 Å². The molecule has 0 saturated carbocycles. The summed E-state index contributed by atoms with van der Waals surface area (Å²) >= 11 is 0. The molecule has 0 radical (unpaired) electrons. The summed E-state index contributed by atoms with van der Waals surface area (Å²) in [7, 11) is -3.70. The maximum Gasteiger partial charge on any atom is 0.245 e. The number of anilines is 2. The molecule has 0 bridgehead atoms. The summed E-state index contributed by atoms with van der Waals surface area (Å²) in [6, 6.07) is 20.8. The summed E-state index contributed by atoms with van der Waals surface area (Å²) < 4.78 is 25.8. The highest BCUT2D eigenvalue weighted by atomic mass is 32.2. The van der Waals surface area contributed by atoms with Crippen molar-refractivity contribution in [1.29, 1.82) is 0 Å². The lowest BCUT2D eigenvalue weighted by molar-refractivity contribution is -0.114. The number of aryl methyl sites for hydroxylation is 2. The highest BCUT2D eigenvalue weighted by Gasteiger charge is 2.22. The predicted octanol–water partition coefficient (Wildman–Crippen LogP) is 3.94. The number of para-hydroxylation sites is 1. The number of hydrogen-bond donors (Lipinski definition) is 1. The third-order valence-electron chi connectivity index (χ3n) is 4.66. The van der Waals surface area contributed by atoms with Crippen molar-refractivity contribution in [3.63, 3.8) is 0 Å². The highest BCUT2D eigenvalue weighted by molar-refractivity contribution is 7.92. The zero-order valence-electron chi connectivity index (χ0n) is 17.6. The zero-order valence-corrected chi connectivity index (χ0v) is 18.4. The number of rotatable bonds is 7. The molecule has 0 aromatic heterocycles. The first-order valence-electron chi connectivity index (χ1n) is 9.70. The minimum absolute atomic E-state index is 0.231. The van der Waals surface area contributed by atoms with Gasteiger partial charge in [0, 0.05) is 11.1 Å². The van der Waals surface area contributed by atoms with Crippen molar-refractivity contribution in [2.45, 2.75) is 13.8 Å². The first-order chi connectivity index (χ1) is 14.6. The molecule has 3 rings (SSSR count). The average Bonchev–Trinajstić information content (AvgIpc) is 2.71. The average molecular weight is 437 g/mol. The first kappa shape index (κ1) is 22.2. The number of amides is 1. The second-order valence-electron chi connectivity index (χ2n) is 7.40. The summed E-state index contributed by atoms with van der Waals surface area (Å²) in [5, 5.41) is 2.70. The number of sulfonamides is 1. The molecule has 3 aromatic rings. The van der Waals surface area contributed by atoms with E-state index in [0.717, 1.165) is 21.7 Å². The third kappa shape index (κ3) is 5.58. The molecule has 3 aromatic carbocycles. The lowest BCUT2D eigenvalue weighted by Gasteiger charge is -2.23. The number of nitrogens with one attached hydrogen (secondary N) is 1. The van der Waals surface area contributed by atoms with Crippen LogP contribution < -0.4 is 9.62 Å². The van der Waals surface area contributed by atoms with Gasteiger partial charge in [0.2, 0.25) is 15.9 Å². The number of hydrogen-bond acceptors (Lipinski definition) is 4. The Morgan fingerprint density at radius 3 is 2.06 bits per heavy atom. The van der Waals surface area contributed by atoms with Crippen LogP contribution in [-0.2, 0) is 14.8 Å². The maximum absolute atomic E-state index is 12.9. The van der Waals surface area contributed by atoms with Gasteiger partial charge in [0.05, 0.1) is 17.6 Å².